The molecule has 0 unspecified atom stereocenters. The van der Waals surface area contributed by atoms with E-state index in [1.807, 2.05) is 41.4 Å². The third kappa shape index (κ3) is 2.63. The summed E-state index contributed by atoms with van der Waals surface area (Å²) in [6.45, 7) is 0. The molecule has 2 aromatic rings. The van der Waals surface area contributed by atoms with Gasteiger partial charge in [-0.15, -0.1) is 11.8 Å². The van der Waals surface area contributed by atoms with Crippen molar-refractivity contribution in [2.45, 2.75) is 0 Å². The fourth-order valence-electron chi connectivity index (χ4n) is 2.89. The van der Waals surface area contributed by atoms with Crippen LogP contribution in [0.2, 0.25) is 0 Å². The number of hydrogen-bond acceptors (Lipinski definition) is 5. The molecular formula is C18H17NO4S. The summed E-state index contributed by atoms with van der Waals surface area (Å²) in [5.41, 5.74) is 3.14. The third-order valence-electron chi connectivity index (χ3n) is 4.01. The molecule has 6 heteroatoms. The molecule has 0 saturated carbocycles. The lowest BCUT2D eigenvalue weighted by Gasteiger charge is -2.16. The van der Waals surface area contributed by atoms with Crippen molar-refractivity contribution in [3.63, 3.8) is 0 Å². The molecule has 0 aliphatic carbocycles. The van der Waals surface area contributed by atoms with Crippen LogP contribution in [0.5, 0.6) is 0 Å². The molecule has 24 heavy (non-hydrogen) atoms. The SMILES string of the molecule is COC(=O)c1cc(C2=CC=CSC2)c2ccn(C)c2c1C(=O)OC. The van der Waals surface area contributed by atoms with Gasteiger partial charge in [-0.2, -0.15) is 0 Å². The van der Waals surface area contributed by atoms with Gasteiger partial charge in [0.25, 0.3) is 0 Å². The first-order valence-corrected chi connectivity index (χ1v) is 8.39. The van der Waals surface area contributed by atoms with Gasteiger partial charge in [-0.3, -0.25) is 0 Å². The molecule has 0 N–H and O–H groups in total. The maximum atomic E-state index is 12.3. The van der Waals surface area contributed by atoms with Gasteiger partial charge in [0.2, 0.25) is 0 Å². The smallest absolute Gasteiger partial charge is 0.340 e. The third-order valence-corrected chi connectivity index (χ3v) is 4.84. The van der Waals surface area contributed by atoms with E-state index in [9.17, 15) is 9.59 Å². The lowest BCUT2D eigenvalue weighted by atomic mass is 9.94. The molecule has 0 saturated heterocycles. The van der Waals surface area contributed by atoms with Crippen molar-refractivity contribution in [1.82, 2.24) is 4.57 Å². The number of hydrogen-bond donors (Lipinski definition) is 0. The molecule has 1 aliphatic rings. The molecule has 1 aromatic heterocycles. The molecule has 3 rings (SSSR count). The minimum Gasteiger partial charge on any atom is -0.465 e. The molecule has 2 heterocycles. The van der Waals surface area contributed by atoms with Crippen LogP contribution in [0, 0.1) is 0 Å². The van der Waals surface area contributed by atoms with Gasteiger partial charge < -0.3 is 14.0 Å². The Labute approximate surface area is 143 Å². The number of carbonyl (C=O) groups excluding carboxylic acids is 2. The van der Waals surface area contributed by atoms with Crippen molar-refractivity contribution in [2.24, 2.45) is 7.05 Å². The van der Waals surface area contributed by atoms with E-state index >= 15 is 0 Å². The highest BCUT2D eigenvalue weighted by atomic mass is 32.2. The molecule has 0 atom stereocenters. The summed E-state index contributed by atoms with van der Waals surface area (Å²) in [4.78, 5) is 24.6. The Hall–Kier alpha value is -2.47. The van der Waals surface area contributed by atoms with Crippen LogP contribution in [0.15, 0.2) is 35.9 Å². The van der Waals surface area contributed by atoms with Crippen LogP contribution in [0.3, 0.4) is 0 Å². The number of fused-ring (bicyclic) bond motifs is 1. The number of ether oxygens (including phenoxy) is 2. The van der Waals surface area contributed by atoms with E-state index in [0.717, 1.165) is 22.3 Å². The van der Waals surface area contributed by atoms with E-state index in [1.165, 1.54) is 14.2 Å². The first-order chi connectivity index (χ1) is 11.6. The van der Waals surface area contributed by atoms with Gasteiger partial charge in [0.15, 0.2) is 0 Å². The van der Waals surface area contributed by atoms with Crippen LogP contribution in [-0.4, -0.2) is 36.5 Å². The van der Waals surface area contributed by atoms with Crippen LogP contribution in [-0.2, 0) is 16.5 Å². The van der Waals surface area contributed by atoms with E-state index in [4.69, 9.17) is 9.47 Å². The highest BCUT2D eigenvalue weighted by Crippen LogP contribution is 2.35. The maximum Gasteiger partial charge on any atom is 0.340 e. The summed E-state index contributed by atoms with van der Waals surface area (Å²) in [7, 11) is 4.44. The van der Waals surface area contributed by atoms with E-state index < -0.39 is 11.9 Å². The summed E-state index contributed by atoms with van der Waals surface area (Å²) in [6, 6.07) is 3.67. The lowest BCUT2D eigenvalue weighted by Crippen LogP contribution is -2.14. The predicted octanol–water partition coefficient (Wildman–Crippen LogP) is 3.40. The van der Waals surface area contributed by atoms with Gasteiger partial charge in [-0.1, -0.05) is 12.2 Å². The van der Waals surface area contributed by atoms with Crippen molar-refractivity contribution in [1.29, 1.82) is 0 Å². The Morgan fingerprint density at radius 1 is 1.21 bits per heavy atom. The van der Waals surface area contributed by atoms with Crippen LogP contribution in [0.4, 0.5) is 0 Å². The zero-order valence-electron chi connectivity index (χ0n) is 13.7. The summed E-state index contributed by atoms with van der Waals surface area (Å²) < 4.78 is 11.6. The second-order valence-corrected chi connectivity index (χ2v) is 6.24. The molecule has 1 aromatic carbocycles. The zero-order chi connectivity index (χ0) is 17.3. The van der Waals surface area contributed by atoms with Gasteiger partial charge in [-0.25, -0.2) is 9.59 Å². The van der Waals surface area contributed by atoms with E-state index in [1.54, 1.807) is 17.8 Å². The minimum absolute atomic E-state index is 0.217. The van der Waals surface area contributed by atoms with Gasteiger partial charge in [0.05, 0.1) is 30.9 Å². The number of methoxy groups -OCH3 is 2. The number of allylic oxidation sites excluding steroid dienone is 2. The quantitative estimate of drug-likeness (QED) is 0.800. The Balaban J connectivity index is 2.39. The molecule has 124 valence electrons. The first-order valence-electron chi connectivity index (χ1n) is 7.34. The Bertz CT molecular complexity index is 892. The van der Waals surface area contributed by atoms with Crippen molar-refractivity contribution in [2.75, 3.05) is 20.0 Å². The molecular weight excluding hydrogens is 326 g/mol. The number of carbonyl (C=O) groups is 2. The number of aryl methyl sites for hydroxylation is 1. The fourth-order valence-corrected chi connectivity index (χ4v) is 3.61. The summed E-state index contributed by atoms with van der Waals surface area (Å²) >= 11 is 1.68. The topological polar surface area (TPSA) is 57.5 Å². The highest BCUT2D eigenvalue weighted by molar-refractivity contribution is 8.02. The Morgan fingerprint density at radius 3 is 2.58 bits per heavy atom. The second kappa shape index (κ2) is 6.57. The average Bonchev–Trinajstić information content (AvgIpc) is 3.01. The van der Waals surface area contributed by atoms with E-state index in [2.05, 4.69) is 0 Å². The average molecular weight is 343 g/mol. The molecule has 0 radical (unpaired) electrons. The van der Waals surface area contributed by atoms with Crippen LogP contribution in [0.1, 0.15) is 26.3 Å². The van der Waals surface area contributed by atoms with E-state index in [0.29, 0.717) is 5.52 Å². The van der Waals surface area contributed by atoms with Crippen molar-refractivity contribution < 1.29 is 19.1 Å². The van der Waals surface area contributed by atoms with Crippen LogP contribution in [0.25, 0.3) is 16.5 Å². The predicted molar refractivity (Wildman–Crippen MR) is 95.2 cm³/mol. The first kappa shape index (κ1) is 16.4. The molecule has 0 bridgehead atoms. The van der Waals surface area contributed by atoms with Gasteiger partial charge in [-0.05, 0) is 28.7 Å². The molecule has 1 aliphatic heterocycles. The van der Waals surface area contributed by atoms with Crippen molar-refractivity contribution in [3.05, 3.63) is 52.6 Å². The summed E-state index contributed by atoms with van der Waals surface area (Å²) in [6.07, 6.45) is 5.87. The van der Waals surface area contributed by atoms with Crippen LogP contribution >= 0.6 is 11.8 Å². The summed E-state index contributed by atoms with van der Waals surface area (Å²) in [5, 5.41) is 2.93. The number of aromatic nitrogens is 1. The minimum atomic E-state index is -0.556. The zero-order valence-corrected chi connectivity index (χ0v) is 14.5. The standard InChI is InChI=1S/C18H17NO4S/c1-19-7-6-12-13(11-5-4-8-24-10-11)9-14(17(20)22-2)15(16(12)19)18(21)23-3/h4-9H,10H2,1-3H3. The van der Waals surface area contributed by atoms with Gasteiger partial charge in [0.1, 0.15) is 0 Å². The largest absolute Gasteiger partial charge is 0.465 e. The molecule has 5 nitrogen and oxygen atoms in total. The van der Waals surface area contributed by atoms with Crippen molar-refractivity contribution in [3.8, 4) is 0 Å². The number of nitrogens with zero attached hydrogens (tertiary/aromatic N) is 1. The van der Waals surface area contributed by atoms with E-state index in [-0.39, 0.29) is 11.1 Å². The van der Waals surface area contributed by atoms with Gasteiger partial charge in [0, 0.05) is 24.4 Å². The van der Waals surface area contributed by atoms with Gasteiger partial charge >= 0.3 is 11.9 Å². The lowest BCUT2D eigenvalue weighted by molar-refractivity contribution is 0.0556. The number of benzene rings is 1. The molecule has 0 fully saturated rings. The molecule has 0 amide bonds. The van der Waals surface area contributed by atoms with Crippen molar-refractivity contribution >= 4 is 40.2 Å². The number of esters is 2. The number of rotatable bonds is 3. The Kier molecular flexibility index (Phi) is 4.49. The fraction of sp³-hybridized carbons (Fsp3) is 0.222. The monoisotopic (exact) mass is 343 g/mol. The Morgan fingerprint density at radius 2 is 1.96 bits per heavy atom. The normalized spacial score (nSPS) is 13.7. The molecule has 0 spiro atoms. The maximum absolute atomic E-state index is 12.3. The highest BCUT2D eigenvalue weighted by Gasteiger charge is 2.26. The second-order valence-electron chi connectivity index (χ2n) is 5.35. The summed E-state index contributed by atoms with van der Waals surface area (Å²) in [5.74, 6) is -0.307. The van der Waals surface area contributed by atoms with Crippen LogP contribution < -0.4 is 0 Å². The number of thioether (sulfide) groups is 1.